The van der Waals surface area contributed by atoms with Crippen molar-refractivity contribution in [3.8, 4) is 11.6 Å². The summed E-state index contributed by atoms with van der Waals surface area (Å²) in [6.45, 7) is 6.08. The molecule has 0 radical (unpaired) electrons. The molecule has 19 heavy (non-hydrogen) atoms. The van der Waals surface area contributed by atoms with E-state index in [1.54, 1.807) is 4.68 Å². The fraction of sp³-hybridized carbons (Fsp3) is 0.400. The number of aromatic nitrogens is 2. The molecule has 102 valence electrons. The Morgan fingerprint density at radius 3 is 2.74 bits per heavy atom. The molecule has 0 aliphatic rings. The highest BCUT2D eigenvalue weighted by Gasteiger charge is 2.14. The first kappa shape index (κ1) is 13.6. The van der Waals surface area contributed by atoms with Crippen molar-refractivity contribution in [2.75, 3.05) is 0 Å². The lowest BCUT2D eigenvalue weighted by Crippen LogP contribution is -1.98. The molecule has 1 N–H and O–H groups in total. The van der Waals surface area contributed by atoms with Gasteiger partial charge in [0, 0.05) is 7.05 Å². The normalized spacial score (nSPS) is 11.1. The third-order valence-corrected chi connectivity index (χ3v) is 3.19. The largest absolute Gasteiger partial charge is 0.439 e. The van der Waals surface area contributed by atoms with E-state index in [-0.39, 0.29) is 6.61 Å². The highest BCUT2D eigenvalue weighted by Crippen LogP contribution is 2.29. The van der Waals surface area contributed by atoms with Gasteiger partial charge in [-0.15, -0.1) is 0 Å². The molecule has 0 spiro atoms. The van der Waals surface area contributed by atoms with Gasteiger partial charge in [-0.1, -0.05) is 26.0 Å². The van der Waals surface area contributed by atoms with E-state index in [0.717, 1.165) is 17.0 Å². The van der Waals surface area contributed by atoms with Crippen LogP contribution in [0.2, 0.25) is 0 Å². The predicted molar refractivity (Wildman–Crippen MR) is 74.5 cm³/mol. The van der Waals surface area contributed by atoms with Crippen molar-refractivity contribution in [3.63, 3.8) is 0 Å². The molecule has 0 aliphatic carbocycles. The van der Waals surface area contributed by atoms with Crippen molar-refractivity contribution in [2.24, 2.45) is 7.05 Å². The molecule has 2 rings (SSSR count). The van der Waals surface area contributed by atoms with Crippen molar-refractivity contribution >= 4 is 0 Å². The standard InChI is InChI=1S/C15H20N2O2/c1-10(2)12-6-5-7-13(8-12)19-15-14(9-18)11(3)16-17(15)4/h5-8,10,18H,9H2,1-4H3. The lowest BCUT2D eigenvalue weighted by atomic mass is 10.0. The maximum atomic E-state index is 9.40. The Kier molecular flexibility index (Phi) is 3.90. The van der Waals surface area contributed by atoms with E-state index in [1.807, 2.05) is 32.2 Å². The smallest absolute Gasteiger partial charge is 0.223 e. The van der Waals surface area contributed by atoms with E-state index in [1.165, 1.54) is 5.56 Å². The van der Waals surface area contributed by atoms with Crippen LogP contribution in [-0.2, 0) is 13.7 Å². The van der Waals surface area contributed by atoms with Crippen molar-refractivity contribution < 1.29 is 9.84 Å². The third-order valence-electron chi connectivity index (χ3n) is 3.19. The van der Waals surface area contributed by atoms with Crippen LogP contribution in [0.15, 0.2) is 24.3 Å². The third kappa shape index (κ3) is 2.79. The maximum Gasteiger partial charge on any atom is 0.223 e. The van der Waals surface area contributed by atoms with Crippen LogP contribution in [0.5, 0.6) is 11.6 Å². The Hall–Kier alpha value is -1.81. The molecule has 0 atom stereocenters. The summed E-state index contributed by atoms with van der Waals surface area (Å²) in [6, 6.07) is 8.00. The van der Waals surface area contributed by atoms with Crippen LogP contribution < -0.4 is 4.74 Å². The lowest BCUT2D eigenvalue weighted by Gasteiger charge is -2.10. The van der Waals surface area contributed by atoms with E-state index in [0.29, 0.717) is 11.8 Å². The zero-order chi connectivity index (χ0) is 14.0. The second-order valence-corrected chi connectivity index (χ2v) is 4.98. The molecule has 0 saturated heterocycles. The minimum absolute atomic E-state index is 0.0706. The first-order valence-corrected chi connectivity index (χ1v) is 6.44. The van der Waals surface area contributed by atoms with Crippen LogP contribution >= 0.6 is 0 Å². The van der Waals surface area contributed by atoms with E-state index in [2.05, 4.69) is 25.0 Å². The van der Waals surface area contributed by atoms with Crippen molar-refractivity contribution in [1.82, 2.24) is 9.78 Å². The minimum atomic E-state index is -0.0706. The molecule has 0 bridgehead atoms. The zero-order valence-corrected chi connectivity index (χ0v) is 11.8. The van der Waals surface area contributed by atoms with Crippen LogP contribution in [0.1, 0.15) is 36.6 Å². The summed E-state index contributed by atoms with van der Waals surface area (Å²) >= 11 is 0. The highest BCUT2D eigenvalue weighted by atomic mass is 16.5. The predicted octanol–water partition coefficient (Wildman–Crippen LogP) is 3.14. The van der Waals surface area contributed by atoms with Crippen LogP contribution in [0.25, 0.3) is 0 Å². The Balaban J connectivity index is 2.33. The topological polar surface area (TPSA) is 47.3 Å². The van der Waals surface area contributed by atoms with Gasteiger partial charge in [-0.25, -0.2) is 4.68 Å². The summed E-state index contributed by atoms with van der Waals surface area (Å²) in [4.78, 5) is 0. The van der Waals surface area contributed by atoms with E-state index in [4.69, 9.17) is 4.74 Å². The number of hydrogen-bond acceptors (Lipinski definition) is 3. The number of ether oxygens (including phenoxy) is 1. The average Bonchev–Trinajstić information content (AvgIpc) is 2.64. The Bertz CT molecular complexity index is 574. The van der Waals surface area contributed by atoms with E-state index < -0.39 is 0 Å². The van der Waals surface area contributed by atoms with Gasteiger partial charge in [-0.2, -0.15) is 5.10 Å². The molecule has 0 saturated carbocycles. The summed E-state index contributed by atoms with van der Waals surface area (Å²) in [7, 11) is 1.81. The fourth-order valence-electron chi connectivity index (χ4n) is 2.04. The molecule has 4 nitrogen and oxygen atoms in total. The molecule has 0 aliphatic heterocycles. The van der Waals surface area contributed by atoms with Gasteiger partial charge in [0.05, 0.1) is 17.9 Å². The first-order valence-electron chi connectivity index (χ1n) is 6.44. The highest BCUT2D eigenvalue weighted by molar-refractivity contribution is 5.37. The zero-order valence-electron chi connectivity index (χ0n) is 11.8. The first-order chi connectivity index (χ1) is 9.02. The monoisotopic (exact) mass is 260 g/mol. The van der Waals surface area contributed by atoms with Gasteiger partial charge in [0.2, 0.25) is 5.88 Å². The number of hydrogen-bond donors (Lipinski definition) is 1. The summed E-state index contributed by atoms with van der Waals surface area (Å²) in [6.07, 6.45) is 0. The van der Waals surface area contributed by atoms with E-state index in [9.17, 15) is 5.11 Å². The summed E-state index contributed by atoms with van der Waals surface area (Å²) in [5.74, 6) is 1.82. The number of aryl methyl sites for hydroxylation is 2. The molecule has 0 amide bonds. The number of rotatable bonds is 4. The van der Waals surface area contributed by atoms with Crippen molar-refractivity contribution in [1.29, 1.82) is 0 Å². The van der Waals surface area contributed by atoms with Crippen molar-refractivity contribution in [2.45, 2.75) is 33.3 Å². The van der Waals surface area contributed by atoms with Gasteiger partial charge in [-0.3, -0.25) is 0 Å². The SMILES string of the molecule is Cc1nn(C)c(Oc2cccc(C(C)C)c2)c1CO. The summed E-state index contributed by atoms with van der Waals surface area (Å²) in [5, 5.41) is 13.7. The Morgan fingerprint density at radius 1 is 1.37 bits per heavy atom. The molecule has 2 aromatic rings. The van der Waals surface area contributed by atoms with Crippen LogP contribution in [0, 0.1) is 6.92 Å². The molecule has 1 heterocycles. The molecule has 4 heteroatoms. The Labute approximate surface area is 113 Å². The number of nitrogens with zero attached hydrogens (tertiary/aromatic N) is 2. The number of aliphatic hydroxyl groups is 1. The lowest BCUT2D eigenvalue weighted by molar-refractivity contribution is 0.274. The number of benzene rings is 1. The van der Waals surface area contributed by atoms with Gasteiger partial charge in [-0.05, 0) is 30.5 Å². The van der Waals surface area contributed by atoms with Crippen molar-refractivity contribution in [3.05, 3.63) is 41.1 Å². The summed E-state index contributed by atoms with van der Waals surface area (Å²) < 4.78 is 7.54. The summed E-state index contributed by atoms with van der Waals surface area (Å²) in [5.41, 5.74) is 2.75. The molecular weight excluding hydrogens is 240 g/mol. The molecule has 1 aromatic heterocycles. The maximum absolute atomic E-state index is 9.40. The average molecular weight is 260 g/mol. The molecule has 1 aromatic carbocycles. The molecule has 0 fully saturated rings. The second-order valence-electron chi connectivity index (χ2n) is 4.98. The Morgan fingerprint density at radius 2 is 2.11 bits per heavy atom. The van der Waals surface area contributed by atoms with Gasteiger partial charge in [0.25, 0.3) is 0 Å². The fourth-order valence-corrected chi connectivity index (χ4v) is 2.04. The molecule has 0 unspecified atom stereocenters. The molecular formula is C15H20N2O2. The van der Waals surface area contributed by atoms with Gasteiger partial charge >= 0.3 is 0 Å². The second kappa shape index (κ2) is 5.45. The quantitative estimate of drug-likeness (QED) is 0.918. The minimum Gasteiger partial charge on any atom is -0.439 e. The van der Waals surface area contributed by atoms with Gasteiger partial charge in [0.15, 0.2) is 0 Å². The van der Waals surface area contributed by atoms with Crippen LogP contribution in [0.4, 0.5) is 0 Å². The van der Waals surface area contributed by atoms with E-state index >= 15 is 0 Å². The van der Waals surface area contributed by atoms with Gasteiger partial charge in [0.1, 0.15) is 5.75 Å². The van der Waals surface area contributed by atoms with Crippen LogP contribution in [-0.4, -0.2) is 14.9 Å². The van der Waals surface area contributed by atoms with Crippen LogP contribution in [0.3, 0.4) is 0 Å². The van der Waals surface area contributed by atoms with Gasteiger partial charge < -0.3 is 9.84 Å². The number of aliphatic hydroxyl groups excluding tert-OH is 1.